The average molecular weight is 386 g/mol. The summed E-state index contributed by atoms with van der Waals surface area (Å²) in [5, 5.41) is 2.84. The quantitative estimate of drug-likeness (QED) is 0.537. The molecule has 0 fully saturated rings. The first kappa shape index (κ1) is 22.5. The summed E-state index contributed by atoms with van der Waals surface area (Å²) < 4.78 is 13.2. The third-order valence-corrected chi connectivity index (χ3v) is 3.97. The summed E-state index contributed by atoms with van der Waals surface area (Å²) in [4.78, 5) is 25.4. The van der Waals surface area contributed by atoms with E-state index in [2.05, 4.69) is 20.3 Å². The fourth-order valence-corrected chi connectivity index (χ4v) is 2.50. The van der Waals surface area contributed by atoms with Crippen molar-refractivity contribution in [1.82, 2.24) is 15.0 Å². The van der Waals surface area contributed by atoms with Crippen LogP contribution in [0.2, 0.25) is 5.02 Å². The molecule has 3 aromatic rings. The van der Waals surface area contributed by atoms with Crippen LogP contribution in [0, 0.1) is 12.7 Å². The number of ketones is 1. The molecule has 0 aliphatic heterocycles. The third-order valence-electron chi connectivity index (χ3n) is 3.68. The van der Waals surface area contributed by atoms with E-state index in [-0.39, 0.29) is 25.6 Å². The largest absolute Gasteiger partial charge is 0.372 e. The normalized spacial score (nSPS) is 9.85. The van der Waals surface area contributed by atoms with Crippen LogP contribution in [0.15, 0.2) is 30.5 Å². The summed E-state index contributed by atoms with van der Waals surface area (Å²) in [6.07, 6.45) is 1.73. The van der Waals surface area contributed by atoms with Crippen LogP contribution in [0.1, 0.15) is 35.5 Å². The Morgan fingerprint density at radius 3 is 2.56 bits per heavy atom. The van der Waals surface area contributed by atoms with Crippen molar-refractivity contribution in [2.45, 2.75) is 27.2 Å². The second-order valence-electron chi connectivity index (χ2n) is 5.31. The van der Waals surface area contributed by atoms with E-state index in [4.69, 9.17) is 11.6 Å². The molecule has 0 bridgehead atoms. The van der Waals surface area contributed by atoms with Gasteiger partial charge in [0.15, 0.2) is 11.4 Å². The Kier molecular flexibility index (Phi) is 8.31. The number of pyridine rings is 1. The summed E-state index contributed by atoms with van der Waals surface area (Å²) in [6, 6.07) is 5.74. The highest BCUT2D eigenvalue weighted by Gasteiger charge is 2.13. The number of nitrogens with zero attached hydrogens (tertiary/aromatic N) is 3. The summed E-state index contributed by atoms with van der Waals surface area (Å²) >= 11 is 5.74. The summed E-state index contributed by atoms with van der Waals surface area (Å²) in [7, 11) is 1.75. The number of nitrogens with one attached hydrogen (secondary N) is 1. The van der Waals surface area contributed by atoms with Crippen molar-refractivity contribution in [3.05, 3.63) is 58.1 Å². The number of carbonyl (C=O) groups is 1. The van der Waals surface area contributed by atoms with Gasteiger partial charge in [0.2, 0.25) is 0 Å². The molecule has 2 heterocycles. The molecule has 8 heteroatoms. The van der Waals surface area contributed by atoms with Crippen LogP contribution in [0.4, 0.5) is 10.2 Å². The Labute approximate surface area is 165 Å². The van der Waals surface area contributed by atoms with Gasteiger partial charge in [-0.1, -0.05) is 25.4 Å². The number of carbonyl (C=O) groups excluding carboxylic acids is 1. The number of fused-ring (bicyclic) bond motifs is 1. The molecule has 0 atom stereocenters. The van der Waals surface area contributed by atoms with Crippen molar-refractivity contribution in [3.8, 4) is 0 Å². The van der Waals surface area contributed by atoms with Gasteiger partial charge in [0, 0.05) is 33.1 Å². The zero-order chi connectivity index (χ0) is 19.3. The first-order chi connectivity index (χ1) is 12.5. The first-order valence-electron chi connectivity index (χ1n) is 8.27. The Hall–Kier alpha value is -2.54. The van der Waals surface area contributed by atoms with Gasteiger partial charge >= 0.3 is 0 Å². The highest BCUT2D eigenvalue weighted by molar-refractivity contribution is 6.31. The van der Waals surface area contributed by atoms with Crippen LogP contribution in [0.5, 0.6) is 0 Å². The van der Waals surface area contributed by atoms with Crippen molar-refractivity contribution in [2.75, 3.05) is 12.4 Å². The highest BCUT2D eigenvalue weighted by atomic mass is 35.5. The van der Waals surface area contributed by atoms with Gasteiger partial charge in [-0.2, -0.15) is 0 Å². The number of aryl methyl sites for hydroxylation is 1. The van der Waals surface area contributed by atoms with E-state index in [1.807, 2.05) is 20.8 Å². The lowest BCUT2D eigenvalue weighted by Gasteiger charge is -2.08. The van der Waals surface area contributed by atoms with E-state index in [1.165, 1.54) is 18.2 Å². The van der Waals surface area contributed by atoms with Crippen LogP contribution >= 0.6 is 11.6 Å². The van der Waals surface area contributed by atoms with E-state index in [1.54, 1.807) is 19.3 Å². The summed E-state index contributed by atoms with van der Waals surface area (Å²) in [6.45, 7) is 5.81. The van der Waals surface area contributed by atoms with Crippen molar-refractivity contribution < 1.29 is 9.18 Å². The van der Waals surface area contributed by atoms with Gasteiger partial charge in [0.1, 0.15) is 17.2 Å². The Morgan fingerprint density at radius 1 is 1.22 bits per heavy atom. The van der Waals surface area contributed by atoms with Crippen LogP contribution in [0.25, 0.3) is 11.2 Å². The Balaban J connectivity index is 0.00000118. The maximum atomic E-state index is 13.2. The molecule has 2 aromatic heterocycles. The molecule has 1 N–H and O–H groups in total. The predicted octanol–water partition coefficient (Wildman–Crippen LogP) is 4.24. The molecule has 1 aromatic carbocycles. The molecule has 0 saturated heterocycles. The highest BCUT2D eigenvalue weighted by Crippen LogP contribution is 2.20. The predicted molar refractivity (Wildman–Crippen MR) is 108 cm³/mol. The maximum absolute atomic E-state index is 13.2. The van der Waals surface area contributed by atoms with E-state index >= 15 is 0 Å². The zero-order valence-corrected chi connectivity index (χ0v) is 16.4. The minimum absolute atomic E-state index is 0. The first-order valence-corrected chi connectivity index (χ1v) is 8.65. The SMILES string of the molecule is CC.CNc1cnc2cc(CC(=O)c3ccc(F)c(Cl)c3)c(C)nc2n1.[B]. The number of halogens is 2. The van der Waals surface area contributed by atoms with Crippen molar-refractivity contribution in [3.63, 3.8) is 0 Å². The Bertz CT molecular complexity index is 952. The van der Waals surface area contributed by atoms with E-state index < -0.39 is 5.82 Å². The number of hydrogen-bond donors (Lipinski definition) is 1. The van der Waals surface area contributed by atoms with Crippen molar-refractivity contribution in [2.24, 2.45) is 0 Å². The van der Waals surface area contributed by atoms with Crippen LogP contribution in [-0.2, 0) is 6.42 Å². The van der Waals surface area contributed by atoms with Gasteiger partial charge in [-0.05, 0) is 36.8 Å². The van der Waals surface area contributed by atoms with E-state index in [0.29, 0.717) is 28.2 Å². The lowest BCUT2D eigenvalue weighted by atomic mass is 10.0. The van der Waals surface area contributed by atoms with Gasteiger partial charge in [0.25, 0.3) is 0 Å². The standard InChI is InChI=1S/C17H14ClFN4O.C2H6.B/c1-9-11(6-14-17(22-9)23-16(20-2)8-21-14)7-15(24)10-3-4-13(19)12(18)5-10;1-2;/h3-6,8H,7H2,1-2H3,(H,20,22,23);1-2H3;. The molecule has 27 heavy (non-hydrogen) atoms. The lowest BCUT2D eigenvalue weighted by Crippen LogP contribution is -2.07. The molecular weight excluding hydrogens is 365 g/mol. The average Bonchev–Trinajstić information content (AvgIpc) is 2.65. The van der Waals surface area contributed by atoms with Crippen LogP contribution in [-0.4, -0.2) is 36.2 Å². The van der Waals surface area contributed by atoms with Gasteiger partial charge < -0.3 is 5.32 Å². The molecule has 0 amide bonds. The smallest absolute Gasteiger partial charge is 0.180 e. The van der Waals surface area contributed by atoms with E-state index in [0.717, 1.165) is 5.56 Å². The fourth-order valence-electron chi connectivity index (χ4n) is 2.32. The number of hydrogen-bond acceptors (Lipinski definition) is 5. The molecule has 0 aliphatic carbocycles. The van der Waals surface area contributed by atoms with Crippen molar-refractivity contribution in [1.29, 1.82) is 0 Å². The van der Waals surface area contributed by atoms with Gasteiger partial charge in [-0.25, -0.2) is 19.3 Å². The molecule has 139 valence electrons. The maximum Gasteiger partial charge on any atom is 0.180 e. The number of aromatic nitrogens is 3. The number of benzene rings is 1. The monoisotopic (exact) mass is 385 g/mol. The minimum atomic E-state index is -0.549. The molecular formula is C19H20BClFN4O. The van der Waals surface area contributed by atoms with E-state index in [9.17, 15) is 9.18 Å². The molecule has 0 unspecified atom stereocenters. The summed E-state index contributed by atoms with van der Waals surface area (Å²) in [5.74, 6) is -0.0903. The molecule has 3 radical (unpaired) electrons. The number of anilines is 1. The number of Topliss-reactive ketones (excluding diaryl/α,β-unsaturated/α-hetero) is 1. The topological polar surface area (TPSA) is 67.8 Å². The van der Waals surface area contributed by atoms with Crippen LogP contribution in [0.3, 0.4) is 0 Å². The molecule has 0 saturated carbocycles. The molecule has 5 nitrogen and oxygen atoms in total. The summed E-state index contributed by atoms with van der Waals surface area (Å²) in [5.41, 5.74) is 2.93. The van der Waals surface area contributed by atoms with Gasteiger partial charge in [-0.15, -0.1) is 0 Å². The third kappa shape index (κ3) is 5.23. The minimum Gasteiger partial charge on any atom is -0.372 e. The molecule has 3 rings (SSSR count). The number of rotatable bonds is 4. The zero-order valence-electron chi connectivity index (χ0n) is 15.7. The lowest BCUT2D eigenvalue weighted by molar-refractivity contribution is 0.0992. The second-order valence-corrected chi connectivity index (χ2v) is 5.72. The van der Waals surface area contributed by atoms with Crippen molar-refractivity contribution >= 4 is 42.8 Å². The second kappa shape index (κ2) is 9.97. The molecule has 0 spiro atoms. The Morgan fingerprint density at radius 2 is 1.93 bits per heavy atom. The van der Waals surface area contributed by atoms with Crippen LogP contribution < -0.4 is 5.32 Å². The molecule has 0 aliphatic rings. The van der Waals surface area contributed by atoms with Gasteiger partial charge in [-0.3, -0.25) is 4.79 Å². The fraction of sp³-hybridized carbons (Fsp3) is 0.263. The van der Waals surface area contributed by atoms with Gasteiger partial charge in [0.05, 0.1) is 11.2 Å².